The van der Waals surface area contributed by atoms with E-state index >= 15 is 0 Å². The molecule has 22 heavy (non-hydrogen) atoms. The molecule has 0 aliphatic carbocycles. The van der Waals surface area contributed by atoms with E-state index in [0.29, 0.717) is 0 Å². The van der Waals surface area contributed by atoms with E-state index in [-0.39, 0.29) is 12.0 Å². The van der Waals surface area contributed by atoms with Gasteiger partial charge in [0.15, 0.2) is 0 Å². The quantitative estimate of drug-likeness (QED) is 0.941. The first kappa shape index (κ1) is 15.5. The molecule has 0 radical (unpaired) electrons. The standard InChI is InChI=1S/C18H21ClN2O/c1-13-2-3-15(9-17(13)19)10-21-11-16(18(22)12-21)8-14-4-6-20-7-5-14/h2-7,9,16,18,22H,8,10-12H2,1H3/t16-,18-/m1/s1. The minimum atomic E-state index is -0.269. The molecule has 2 aromatic rings. The van der Waals surface area contributed by atoms with Crippen LogP contribution in [0.25, 0.3) is 0 Å². The predicted molar refractivity (Wildman–Crippen MR) is 88.9 cm³/mol. The molecule has 3 rings (SSSR count). The second-order valence-electron chi connectivity index (χ2n) is 6.16. The zero-order valence-corrected chi connectivity index (χ0v) is 13.5. The Morgan fingerprint density at radius 3 is 2.68 bits per heavy atom. The summed E-state index contributed by atoms with van der Waals surface area (Å²) in [4.78, 5) is 6.34. The van der Waals surface area contributed by atoms with E-state index in [2.05, 4.69) is 22.0 Å². The van der Waals surface area contributed by atoms with Gasteiger partial charge in [0.05, 0.1) is 6.10 Å². The molecule has 2 atom stereocenters. The molecule has 1 aliphatic rings. The van der Waals surface area contributed by atoms with E-state index in [4.69, 9.17) is 11.6 Å². The van der Waals surface area contributed by atoms with Gasteiger partial charge in [0, 0.05) is 43.0 Å². The third-order valence-corrected chi connectivity index (χ3v) is 4.78. The number of aliphatic hydroxyl groups excluding tert-OH is 1. The highest BCUT2D eigenvalue weighted by Crippen LogP contribution is 2.24. The summed E-state index contributed by atoms with van der Waals surface area (Å²) in [6.45, 7) is 4.48. The number of hydrogen-bond acceptors (Lipinski definition) is 3. The summed E-state index contributed by atoms with van der Waals surface area (Å²) in [6.07, 6.45) is 4.24. The minimum absolute atomic E-state index is 0.269. The molecule has 0 bridgehead atoms. The second-order valence-corrected chi connectivity index (χ2v) is 6.57. The first-order valence-corrected chi connectivity index (χ1v) is 8.04. The largest absolute Gasteiger partial charge is 0.391 e. The first-order chi connectivity index (χ1) is 10.6. The highest BCUT2D eigenvalue weighted by atomic mass is 35.5. The second kappa shape index (κ2) is 6.78. The van der Waals surface area contributed by atoms with Gasteiger partial charge in [0.25, 0.3) is 0 Å². The predicted octanol–water partition coefficient (Wildman–Crippen LogP) is 3.08. The van der Waals surface area contributed by atoms with Gasteiger partial charge >= 0.3 is 0 Å². The number of β-amino-alcohol motifs (C(OH)–C–C–N with tert-alkyl or cyclic N) is 1. The monoisotopic (exact) mass is 316 g/mol. The molecule has 1 N–H and O–H groups in total. The van der Waals surface area contributed by atoms with Crippen LogP contribution in [0.15, 0.2) is 42.7 Å². The molecule has 1 fully saturated rings. The van der Waals surface area contributed by atoms with E-state index in [1.807, 2.05) is 37.5 Å². The van der Waals surface area contributed by atoms with Crippen LogP contribution in [0.5, 0.6) is 0 Å². The maximum atomic E-state index is 10.3. The van der Waals surface area contributed by atoms with Gasteiger partial charge in [-0.2, -0.15) is 0 Å². The SMILES string of the molecule is Cc1ccc(CN2C[C@@H](Cc3ccncc3)[C@H](O)C2)cc1Cl. The lowest BCUT2D eigenvalue weighted by Gasteiger charge is -2.16. The molecule has 3 nitrogen and oxygen atoms in total. The van der Waals surface area contributed by atoms with Gasteiger partial charge in [-0.25, -0.2) is 0 Å². The summed E-state index contributed by atoms with van der Waals surface area (Å²) >= 11 is 6.19. The molecule has 4 heteroatoms. The first-order valence-electron chi connectivity index (χ1n) is 7.66. The van der Waals surface area contributed by atoms with Crippen molar-refractivity contribution in [2.45, 2.75) is 26.0 Å². The molecule has 2 heterocycles. The summed E-state index contributed by atoms with van der Waals surface area (Å²) in [7, 11) is 0. The molecule has 1 aromatic heterocycles. The van der Waals surface area contributed by atoms with Crippen LogP contribution in [0, 0.1) is 12.8 Å². The van der Waals surface area contributed by atoms with Crippen LogP contribution in [-0.2, 0) is 13.0 Å². The molecule has 1 saturated heterocycles. The van der Waals surface area contributed by atoms with Gasteiger partial charge < -0.3 is 5.11 Å². The van der Waals surface area contributed by atoms with Crippen molar-refractivity contribution in [2.75, 3.05) is 13.1 Å². The minimum Gasteiger partial charge on any atom is -0.391 e. The van der Waals surface area contributed by atoms with Crippen molar-refractivity contribution in [3.8, 4) is 0 Å². The topological polar surface area (TPSA) is 36.4 Å². The molecule has 0 amide bonds. The number of likely N-dealkylation sites (tertiary alicyclic amines) is 1. The van der Waals surface area contributed by atoms with E-state index in [9.17, 15) is 5.11 Å². The number of aromatic nitrogens is 1. The Labute approximate surface area is 136 Å². The fourth-order valence-corrected chi connectivity index (χ4v) is 3.29. The van der Waals surface area contributed by atoms with Crippen molar-refractivity contribution in [1.82, 2.24) is 9.88 Å². The lowest BCUT2D eigenvalue weighted by atomic mass is 9.97. The van der Waals surface area contributed by atoms with E-state index < -0.39 is 0 Å². The van der Waals surface area contributed by atoms with Crippen molar-refractivity contribution in [1.29, 1.82) is 0 Å². The summed E-state index contributed by atoms with van der Waals surface area (Å²) in [5.41, 5.74) is 3.54. The number of benzene rings is 1. The normalized spacial score (nSPS) is 22.1. The van der Waals surface area contributed by atoms with Gasteiger partial charge in [-0.05, 0) is 48.2 Å². The number of aliphatic hydroxyl groups is 1. The molecule has 0 unspecified atom stereocenters. The smallest absolute Gasteiger partial charge is 0.0710 e. The molecule has 1 aromatic carbocycles. The van der Waals surface area contributed by atoms with Crippen LogP contribution in [0.1, 0.15) is 16.7 Å². The summed E-state index contributed by atoms with van der Waals surface area (Å²) in [6, 6.07) is 10.2. The maximum absolute atomic E-state index is 10.3. The molecular weight excluding hydrogens is 296 g/mol. The average Bonchev–Trinajstić information content (AvgIpc) is 2.84. The Hall–Kier alpha value is -1.42. The molecule has 1 aliphatic heterocycles. The van der Waals surface area contributed by atoms with Crippen LogP contribution in [0.2, 0.25) is 5.02 Å². The molecular formula is C18H21ClN2O. The maximum Gasteiger partial charge on any atom is 0.0710 e. The van der Waals surface area contributed by atoms with Gasteiger partial charge in [-0.1, -0.05) is 23.7 Å². The van der Waals surface area contributed by atoms with Gasteiger partial charge in [0.2, 0.25) is 0 Å². The van der Waals surface area contributed by atoms with E-state index in [0.717, 1.165) is 36.6 Å². The Morgan fingerprint density at radius 2 is 1.95 bits per heavy atom. The summed E-state index contributed by atoms with van der Waals surface area (Å²) in [5, 5.41) is 11.1. The lowest BCUT2D eigenvalue weighted by molar-refractivity contribution is 0.141. The Kier molecular flexibility index (Phi) is 4.77. The van der Waals surface area contributed by atoms with E-state index in [1.165, 1.54) is 11.1 Å². The Morgan fingerprint density at radius 1 is 1.18 bits per heavy atom. The van der Waals surface area contributed by atoms with Crippen LogP contribution >= 0.6 is 11.6 Å². The van der Waals surface area contributed by atoms with Crippen LogP contribution in [0.3, 0.4) is 0 Å². The van der Waals surface area contributed by atoms with Crippen molar-refractivity contribution in [3.63, 3.8) is 0 Å². The van der Waals surface area contributed by atoms with Crippen LogP contribution in [-0.4, -0.2) is 34.2 Å². The molecule has 0 spiro atoms. The highest BCUT2D eigenvalue weighted by Gasteiger charge is 2.31. The summed E-state index contributed by atoms with van der Waals surface area (Å²) < 4.78 is 0. The average molecular weight is 317 g/mol. The zero-order valence-electron chi connectivity index (χ0n) is 12.7. The van der Waals surface area contributed by atoms with Gasteiger partial charge in [0.1, 0.15) is 0 Å². The highest BCUT2D eigenvalue weighted by molar-refractivity contribution is 6.31. The molecule has 116 valence electrons. The number of pyridine rings is 1. The Balaban J connectivity index is 1.61. The van der Waals surface area contributed by atoms with Gasteiger partial charge in [-0.15, -0.1) is 0 Å². The summed E-state index contributed by atoms with van der Waals surface area (Å²) in [5.74, 6) is 0.281. The van der Waals surface area contributed by atoms with Gasteiger partial charge in [-0.3, -0.25) is 9.88 Å². The van der Waals surface area contributed by atoms with Crippen molar-refractivity contribution < 1.29 is 5.11 Å². The number of aryl methyl sites for hydroxylation is 1. The number of nitrogens with zero attached hydrogens (tertiary/aromatic N) is 2. The third-order valence-electron chi connectivity index (χ3n) is 4.37. The van der Waals surface area contributed by atoms with Crippen molar-refractivity contribution in [3.05, 3.63) is 64.4 Å². The van der Waals surface area contributed by atoms with Crippen molar-refractivity contribution >= 4 is 11.6 Å². The Bertz CT molecular complexity index is 632. The third kappa shape index (κ3) is 3.67. The fraction of sp³-hybridized carbons (Fsp3) is 0.389. The number of halogens is 1. The fourth-order valence-electron chi connectivity index (χ4n) is 3.09. The zero-order chi connectivity index (χ0) is 15.5. The molecule has 0 saturated carbocycles. The van der Waals surface area contributed by atoms with Crippen molar-refractivity contribution in [2.24, 2.45) is 5.92 Å². The lowest BCUT2D eigenvalue weighted by Crippen LogP contribution is -2.21. The number of rotatable bonds is 4. The van der Waals surface area contributed by atoms with Crippen LogP contribution in [0.4, 0.5) is 0 Å². The number of hydrogen-bond donors (Lipinski definition) is 1. The van der Waals surface area contributed by atoms with Crippen LogP contribution < -0.4 is 0 Å². The van der Waals surface area contributed by atoms with E-state index in [1.54, 1.807) is 0 Å².